The highest BCUT2D eigenvalue weighted by molar-refractivity contribution is 5.79. The molecule has 1 aliphatic carbocycles. The van der Waals surface area contributed by atoms with E-state index in [0.717, 1.165) is 12.8 Å². The zero-order valence-electron chi connectivity index (χ0n) is 15.1. The van der Waals surface area contributed by atoms with Crippen LogP contribution >= 0.6 is 0 Å². The average Bonchev–Trinajstić information content (AvgIpc) is 3.00. The number of amides is 1. The Balaban J connectivity index is 1.44. The highest BCUT2D eigenvalue weighted by Crippen LogP contribution is 2.44. The average molecular weight is 365 g/mol. The maximum atomic E-state index is 12.6. The minimum absolute atomic E-state index is 0.0109. The highest BCUT2D eigenvalue weighted by atomic mass is 16.6. The first-order chi connectivity index (χ1) is 13.1. The number of rotatable bonds is 4. The molecule has 1 atom stereocenters. The van der Waals surface area contributed by atoms with Gasteiger partial charge in [0.1, 0.15) is 6.61 Å². The van der Waals surface area contributed by atoms with Gasteiger partial charge >= 0.3 is 12.1 Å². The molecule has 5 nitrogen and oxygen atoms in total. The standard InChI is InChI=1S/C22H23NO4/c24-21(25)12-15-6-5-11-23(13-15)22(26)27-14-20-18-9-3-1-7-16(18)17-8-2-4-10-19(17)20/h1-4,7-10,15,20H,5-6,11-14H2,(H,24,25)/t15-/m1/s1. The van der Waals surface area contributed by atoms with Crippen LogP contribution in [0.5, 0.6) is 0 Å². The van der Waals surface area contributed by atoms with Crippen molar-refractivity contribution in [2.45, 2.75) is 25.2 Å². The summed E-state index contributed by atoms with van der Waals surface area (Å²) < 4.78 is 5.67. The van der Waals surface area contributed by atoms with Crippen molar-refractivity contribution >= 4 is 12.1 Å². The molecule has 0 aromatic heterocycles. The molecule has 140 valence electrons. The summed E-state index contributed by atoms with van der Waals surface area (Å²) in [6, 6.07) is 16.5. The minimum Gasteiger partial charge on any atom is -0.481 e. The largest absolute Gasteiger partial charge is 0.481 e. The monoisotopic (exact) mass is 365 g/mol. The van der Waals surface area contributed by atoms with Crippen molar-refractivity contribution in [3.8, 4) is 11.1 Å². The lowest BCUT2D eigenvalue weighted by Gasteiger charge is -2.31. The van der Waals surface area contributed by atoms with Crippen LogP contribution in [0.2, 0.25) is 0 Å². The predicted octanol–water partition coefficient (Wildman–Crippen LogP) is 4.12. The molecule has 0 unspecified atom stereocenters. The smallest absolute Gasteiger partial charge is 0.409 e. The molecule has 2 aromatic rings. The van der Waals surface area contributed by atoms with Gasteiger partial charge in [-0.1, -0.05) is 48.5 Å². The van der Waals surface area contributed by atoms with E-state index >= 15 is 0 Å². The first-order valence-corrected chi connectivity index (χ1v) is 9.45. The van der Waals surface area contributed by atoms with Crippen molar-refractivity contribution in [1.29, 1.82) is 0 Å². The van der Waals surface area contributed by atoms with Gasteiger partial charge in [0.25, 0.3) is 0 Å². The van der Waals surface area contributed by atoms with Gasteiger partial charge in [-0.3, -0.25) is 4.79 Å². The molecular weight excluding hydrogens is 342 g/mol. The normalized spacial score (nSPS) is 18.7. The summed E-state index contributed by atoms with van der Waals surface area (Å²) in [4.78, 5) is 25.2. The summed E-state index contributed by atoms with van der Waals surface area (Å²) in [6.07, 6.45) is 1.43. The lowest BCUT2D eigenvalue weighted by molar-refractivity contribution is -0.138. The maximum absolute atomic E-state index is 12.6. The van der Waals surface area contributed by atoms with Crippen LogP contribution in [0.4, 0.5) is 4.79 Å². The second kappa shape index (κ2) is 7.43. The number of nitrogens with zero attached hydrogens (tertiary/aromatic N) is 1. The minimum atomic E-state index is -0.811. The van der Waals surface area contributed by atoms with Crippen LogP contribution < -0.4 is 0 Å². The molecule has 1 N–H and O–H groups in total. The van der Waals surface area contributed by atoms with Crippen LogP contribution in [-0.2, 0) is 9.53 Å². The first-order valence-electron chi connectivity index (χ1n) is 9.45. The van der Waals surface area contributed by atoms with Crippen LogP contribution in [0.1, 0.15) is 36.3 Å². The van der Waals surface area contributed by atoms with E-state index in [9.17, 15) is 9.59 Å². The molecule has 4 rings (SSSR count). The molecule has 0 spiro atoms. The summed E-state index contributed by atoms with van der Waals surface area (Å²) in [5.41, 5.74) is 4.78. The maximum Gasteiger partial charge on any atom is 0.409 e. The van der Waals surface area contributed by atoms with Gasteiger partial charge in [-0.05, 0) is 41.0 Å². The van der Waals surface area contributed by atoms with E-state index in [-0.39, 0.29) is 24.3 Å². The summed E-state index contributed by atoms with van der Waals surface area (Å²) in [7, 11) is 0. The molecule has 5 heteroatoms. The molecule has 1 aliphatic heterocycles. The summed E-state index contributed by atoms with van der Waals surface area (Å²) in [6.45, 7) is 1.39. The molecule has 2 aromatic carbocycles. The Morgan fingerprint density at radius 2 is 1.67 bits per heavy atom. The van der Waals surface area contributed by atoms with E-state index < -0.39 is 5.97 Å². The quantitative estimate of drug-likeness (QED) is 0.885. The predicted molar refractivity (Wildman–Crippen MR) is 102 cm³/mol. The number of fused-ring (bicyclic) bond motifs is 3. The number of carbonyl (C=O) groups excluding carboxylic acids is 1. The van der Waals surface area contributed by atoms with Gasteiger partial charge in [-0.2, -0.15) is 0 Å². The Bertz CT molecular complexity index is 817. The van der Waals surface area contributed by atoms with Gasteiger partial charge in [0, 0.05) is 25.4 Å². The first kappa shape index (κ1) is 17.6. The van der Waals surface area contributed by atoms with Gasteiger partial charge in [0.2, 0.25) is 0 Å². The molecule has 1 heterocycles. The molecule has 0 saturated carbocycles. The summed E-state index contributed by atoms with van der Waals surface area (Å²) in [5.74, 6) is -0.757. The molecule has 1 amide bonds. The molecule has 27 heavy (non-hydrogen) atoms. The van der Waals surface area contributed by atoms with Crippen molar-refractivity contribution in [1.82, 2.24) is 4.90 Å². The van der Waals surface area contributed by atoms with Crippen molar-refractivity contribution < 1.29 is 19.4 Å². The number of likely N-dealkylation sites (tertiary alicyclic amines) is 1. The van der Waals surface area contributed by atoms with Crippen LogP contribution in [0.3, 0.4) is 0 Å². The number of carbonyl (C=O) groups is 2. The Hall–Kier alpha value is -2.82. The van der Waals surface area contributed by atoms with Crippen molar-refractivity contribution in [3.63, 3.8) is 0 Å². The molecule has 1 fully saturated rings. The van der Waals surface area contributed by atoms with Gasteiger partial charge in [-0.15, -0.1) is 0 Å². The molecular formula is C22H23NO4. The Morgan fingerprint density at radius 1 is 1.04 bits per heavy atom. The fraction of sp³-hybridized carbons (Fsp3) is 0.364. The summed E-state index contributed by atoms with van der Waals surface area (Å²) in [5, 5.41) is 8.99. The van der Waals surface area contributed by atoms with Gasteiger partial charge in [0.15, 0.2) is 0 Å². The van der Waals surface area contributed by atoms with E-state index in [2.05, 4.69) is 24.3 Å². The third-order valence-electron chi connectivity index (χ3n) is 5.58. The van der Waals surface area contributed by atoms with Gasteiger partial charge in [0.05, 0.1) is 0 Å². The SMILES string of the molecule is O=C(O)C[C@H]1CCCN(C(=O)OCC2c3ccccc3-c3ccccc32)C1. The number of ether oxygens (including phenoxy) is 1. The third kappa shape index (κ3) is 3.54. The second-order valence-electron chi connectivity index (χ2n) is 7.36. The third-order valence-corrected chi connectivity index (χ3v) is 5.58. The Labute approximate surface area is 158 Å². The molecule has 1 saturated heterocycles. The number of benzene rings is 2. The van der Waals surface area contributed by atoms with E-state index in [1.54, 1.807) is 4.90 Å². The van der Waals surface area contributed by atoms with E-state index in [1.165, 1.54) is 22.3 Å². The number of hydrogen-bond donors (Lipinski definition) is 1. The van der Waals surface area contributed by atoms with Crippen LogP contribution in [-0.4, -0.2) is 41.8 Å². The molecule has 0 bridgehead atoms. The highest BCUT2D eigenvalue weighted by Gasteiger charge is 2.31. The van der Waals surface area contributed by atoms with Crippen molar-refractivity contribution in [2.24, 2.45) is 5.92 Å². The van der Waals surface area contributed by atoms with E-state index in [1.807, 2.05) is 24.3 Å². The molecule has 0 radical (unpaired) electrons. The van der Waals surface area contributed by atoms with E-state index in [0.29, 0.717) is 19.7 Å². The number of carboxylic acid groups (broad SMARTS) is 1. The number of carboxylic acids is 1. The molecule has 2 aliphatic rings. The van der Waals surface area contributed by atoms with Crippen LogP contribution in [0.25, 0.3) is 11.1 Å². The fourth-order valence-corrected chi connectivity index (χ4v) is 4.33. The lowest BCUT2D eigenvalue weighted by Crippen LogP contribution is -2.41. The second-order valence-corrected chi connectivity index (χ2v) is 7.36. The fourth-order valence-electron chi connectivity index (χ4n) is 4.33. The van der Waals surface area contributed by atoms with Crippen LogP contribution in [0.15, 0.2) is 48.5 Å². The van der Waals surface area contributed by atoms with Crippen molar-refractivity contribution in [3.05, 3.63) is 59.7 Å². The zero-order chi connectivity index (χ0) is 18.8. The Kier molecular flexibility index (Phi) is 4.84. The van der Waals surface area contributed by atoms with Crippen LogP contribution in [0, 0.1) is 5.92 Å². The summed E-state index contributed by atoms with van der Waals surface area (Å²) >= 11 is 0. The van der Waals surface area contributed by atoms with Gasteiger partial charge in [-0.25, -0.2) is 4.79 Å². The Morgan fingerprint density at radius 3 is 2.30 bits per heavy atom. The zero-order valence-corrected chi connectivity index (χ0v) is 15.1. The topological polar surface area (TPSA) is 66.8 Å². The lowest BCUT2D eigenvalue weighted by atomic mass is 9.95. The number of hydrogen-bond acceptors (Lipinski definition) is 3. The number of aliphatic carboxylic acids is 1. The van der Waals surface area contributed by atoms with Gasteiger partial charge < -0.3 is 14.7 Å². The van der Waals surface area contributed by atoms with Crippen molar-refractivity contribution in [2.75, 3.05) is 19.7 Å². The number of piperidine rings is 1. The van der Waals surface area contributed by atoms with E-state index in [4.69, 9.17) is 9.84 Å².